The van der Waals surface area contributed by atoms with Gasteiger partial charge in [-0.3, -0.25) is 9.52 Å². The minimum Gasteiger partial charge on any atom is -0.339 e. The fourth-order valence-electron chi connectivity index (χ4n) is 5.24. The van der Waals surface area contributed by atoms with E-state index >= 15 is 0 Å². The number of anilines is 2. The molecule has 0 aliphatic rings. The molecule has 0 saturated heterocycles. The van der Waals surface area contributed by atoms with Crippen LogP contribution in [0, 0.1) is 0 Å². The van der Waals surface area contributed by atoms with Crippen molar-refractivity contribution < 1.29 is 13.2 Å². The first kappa shape index (κ1) is 28.1. The quantitative estimate of drug-likeness (QED) is 0.215. The van der Waals surface area contributed by atoms with Crippen LogP contribution in [0.4, 0.5) is 11.4 Å². The molecule has 2 N–H and O–H groups in total. The summed E-state index contributed by atoms with van der Waals surface area (Å²) < 4.78 is 28.9. The minimum absolute atomic E-state index is 0.00305. The molecule has 0 atom stereocenters. The maximum absolute atomic E-state index is 13.1. The first-order valence-electron chi connectivity index (χ1n) is 13.8. The molecular weight excluding hydrogens is 558 g/mol. The van der Waals surface area contributed by atoms with Crippen LogP contribution >= 0.6 is 0 Å². The van der Waals surface area contributed by atoms with E-state index in [0.717, 1.165) is 44.2 Å². The average Bonchev–Trinajstić information content (AvgIpc) is 3.38. The fraction of sp³-hybridized carbons (Fsp3) is 0.118. The molecule has 0 radical (unpaired) electrons. The zero-order valence-corrected chi connectivity index (χ0v) is 24.9. The molecule has 6 rings (SSSR count). The van der Waals surface area contributed by atoms with Gasteiger partial charge in [-0.2, -0.15) is 0 Å². The van der Waals surface area contributed by atoms with E-state index < -0.39 is 10.0 Å². The number of hydrogen-bond acceptors (Lipinski definition) is 5. The fourth-order valence-corrected chi connectivity index (χ4v) is 6.31. The Balaban J connectivity index is 1.48. The van der Waals surface area contributed by atoms with Gasteiger partial charge in [0, 0.05) is 52.0 Å². The predicted molar refractivity (Wildman–Crippen MR) is 174 cm³/mol. The van der Waals surface area contributed by atoms with Crippen molar-refractivity contribution >= 4 is 49.2 Å². The summed E-state index contributed by atoms with van der Waals surface area (Å²) in [6, 6.07) is 31.7. The number of carbonyl (C=O) groups is 1. The highest BCUT2D eigenvalue weighted by Crippen LogP contribution is 2.41. The number of benzene rings is 4. The second-order valence-corrected chi connectivity index (χ2v) is 12.4. The number of rotatable bonds is 8. The van der Waals surface area contributed by atoms with Crippen LogP contribution < -0.4 is 9.62 Å². The summed E-state index contributed by atoms with van der Waals surface area (Å²) in [4.78, 5) is 24.5. The summed E-state index contributed by atoms with van der Waals surface area (Å²) in [6.07, 6.45) is 1.86. The van der Waals surface area contributed by atoms with Gasteiger partial charge in [-0.25, -0.2) is 13.4 Å². The molecule has 6 aromatic rings. The molecule has 0 spiro atoms. The van der Waals surface area contributed by atoms with E-state index in [0.29, 0.717) is 17.9 Å². The number of pyridine rings is 1. The van der Waals surface area contributed by atoms with Gasteiger partial charge in [0.25, 0.3) is 10.0 Å². The van der Waals surface area contributed by atoms with Crippen molar-refractivity contribution in [2.24, 2.45) is 0 Å². The third-order valence-electron chi connectivity index (χ3n) is 7.38. The number of aromatic amines is 1. The molecule has 9 heteroatoms. The first-order chi connectivity index (χ1) is 20.7. The number of aromatic nitrogens is 2. The van der Waals surface area contributed by atoms with Gasteiger partial charge in [-0.05, 0) is 67.7 Å². The second kappa shape index (κ2) is 11.4. The second-order valence-electron chi connectivity index (χ2n) is 10.7. The van der Waals surface area contributed by atoms with Crippen molar-refractivity contribution in [1.82, 2.24) is 14.9 Å². The zero-order chi connectivity index (χ0) is 30.1. The Morgan fingerprint density at radius 3 is 2.19 bits per heavy atom. The number of H-pyrrole nitrogens is 1. The molecule has 1 amide bonds. The molecule has 0 aliphatic carbocycles. The SMILES string of the molecule is CN(C)CC(=O)N(C)c1ccc(-c2cnc3[nH]c4ccc(NS(=O)(=O)c5ccccc5)cc4c3c2-c2ccccc2)cc1. The van der Waals surface area contributed by atoms with Gasteiger partial charge < -0.3 is 14.8 Å². The lowest BCUT2D eigenvalue weighted by Crippen LogP contribution is -2.34. The van der Waals surface area contributed by atoms with E-state index in [1.807, 2.05) is 79.8 Å². The number of sulfonamides is 1. The monoisotopic (exact) mass is 589 g/mol. The van der Waals surface area contributed by atoms with Gasteiger partial charge in [0.05, 0.1) is 11.4 Å². The van der Waals surface area contributed by atoms with Crippen molar-refractivity contribution in [2.75, 3.05) is 37.3 Å². The molecule has 4 aromatic carbocycles. The van der Waals surface area contributed by atoms with Crippen LogP contribution in [0.3, 0.4) is 0 Å². The molecule has 8 nitrogen and oxygen atoms in total. The van der Waals surface area contributed by atoms with E-state index in [2.05, 4.69) is 21.8 Å². The summed E-state index contributed by atoms with van der Waals surface area (Å²) in [5.41, 5.74) is 6.64. The Labute approximate surface area is 250 Å². The Hall–Kier alpha value is -4.99. The smallest absolute Gasteiger partial charge is 0.261 e. The van der Waals surface area contributed by atoms with E-state index in [1.54, 1.807) is 48.3 Å². The Bertz CT molecular complexity index is 2040. The summed E-state index contributed by atoms with van der Waals surface area (Å²) >= 11 is 0. The van der Waals surface area contributed by atoms with Crippen LogP contribution in [0.1, 0.15) is 0 Å². The highest BCUT2D eigenvalue weighted by atomic mass is 32.2. The lowest BCUT2D eigenvalue weighted by molar-refractivity contribution is -0.118. The van der Waals surface area contributed by atoms with Crippen LogP contribution in [0.15, 0.2) is 114 Å². The molecule has 0 saturated carbocycles. The van der Waals surface area contributed by atoms with Crippen LogP contribution in [0.2, 0.25) is 0 Å². The van der Waals surface area contributed by atoms with Crippen molar-refractivity contribution in [3.05, 3.63) is 109 Å². The van der Waals surface area contributed by atoms with Gasteiger partial charge >= 0.3 is 0 Å². The molecule has 2 heterocycles. The lowest BCUT2D eigenvalue weighted by Gasteiger charge is -2.20. The van der Waals surface area contributed by atoms with Crippen LogP contribution in [0.25, 0.3) is 44.2 Å². The van der Waals surface area contributed by atoms with Gasteiger partial charge in [0.2, 0.25) is 5.91 Å². The van der Waals surface area contributed by atoms with E-state index in [-0.39, 0.29) is 10.8 Å². The summed E-state index contributed by atoms with van der Waals surface area (Å²) in [7, 11) is 1.75. The normalized spacial score (nSPS) is 11.7. The minimum atomic E-state index is -3.76. The number of hydrogen-bond donors (Lipinski definition) is 2. The summed E-state index contributed by atoms with van der Waals surface area (Å²) in [5, 5.41) is 1.74. The number of likely N-dealkylation sites (N-methyl/N-ethyl adjacent to an activating group) is 2. The predicted octanol–water partition coefficient (Wildman–Crippen LogP) is 6.38. The number of fused-ring (bicyclic) bond motifs is 3. The van der Waals surface area contributed by atoms with Crippen molar-refractivity contribution in [1.29, 1.82) is 0 Å². The number of amides is 1. The van der Waals surface area contributed by atoms with Crippen molar-refractivity contribution in [3.63, 3.8) is 0 Å². The zero-order valence-electron chi connectivity index (χ0n) is 24.1. The van der Waals surface area contributed by atoms with Crippen molar-refractivity contribution in [2.45, 2.75) is 4.90 Å². The average molecular weight is 590 g/mol. The third-order valence-corrected chi connectivity index (χ3v) is 8.78. The molecule has 43 heavy (non-hydrogen) atoms. The first-order valence-corrected chi connectivity index (χ1v) is 15.3. The van der Waals surface area contributed by atoms with Crippen LogP contribution in [0.5, 0.6) is 0 Å². The van der Waals surface area contributed by atoms with Gasteiger partial charge in [-0.15, -0.1) is 0 Å². The van der Waals surface area contributed by atoms with E-state index in [4.69, 9.17) is 4.98 Å². The highest BCUT2D eigenvalue weighted by Gasteiger charge is 2.20. The highest BCUT2D eigenvalue weighted by molar-refractivity contribution is 7.92. The van der Waals surface area contributed by atoms with Crippen molar-refractivity contribution in [3.8, 4) is 22.3 Å². The largest absolute Gasteiger partial charge is 0.339 e. The number of carbonyl (C=O) groups excluding carboxylic acids is 1. The van der Waals surface area contributed by atoms with E-state index in [1.165, 1.54) is 0 Å². The van der Waals surface area contributed by atoms with Gasteiger partial charge in [0.1, 0.15) is 5.65 Å². The number of nitrogens with zero attached hydrogens (tertiary/aromatic N) is 3. The maximum atomic E-state index is 13.1. The molecule has 216 valence electrons. The van der Waals surface area contributed by atoms with E-state index in [9.17, 15) is 13.2 Å². The molecule has 2 aromatic heterocycles. The summed E-state index contributed by atoms with van der Waals surface area (Å²) in [6.45, 7) is 0.320. The molecular formula is C34H31N5O3S. The van der Waals surface area contributed by atoms with Gasteiger partial charge in [-0.1, -0.05) is 60.7 Å². The molecule has 0 aliphatic heterocycles. The maximum Gasteiger partial charge on any atom is 0.261 e. The Morgan fingerprint density at radius 2 is 1.51 bits per heavy atom. The third kappa shape index (κ3) is 5.60. The van der Waals surface area contributed by atoms with Crippen LogP contribution in [-0.2, 0) is 14.8 Å². The standard InChI is InChI=1S/C34H31N5O3S/c1-38(2)22-31(40)39(3)26-17-14-23(15-18-26)29-21-35-34-33(32(29)24-10-6-4-7-11-24)28-20-25(16-19-30(28)36-34)37-43(41,42)27-12-8-5-9-13-27/h4-21,37H,22H2,1-3H3,(H,35,36). The Kier molecular flexibility index (Phi) is 7.43. The molecule has 0 fully saturated rings. The topological polar surface area (TPSA) is 98.4 Å². The lowest BCUT2D eigenvalue weighted by atomic mass is 9.92. The summed E-state index contributed by atoms with van der Waals surface area (Å²) in [5.74, 6) is 0.00305. The van der Waals surface area contributed by atoms with Crippen LogP contribution in [-0.4, -0.2) is 56.9 Å². The molecule has 0 bridgehead atoms. The Morgan fingerprint density at radius 1 is 0.837 bits per heavy atom. The van der Waals surface area contributed by atoms with Gasteiger partial charge in [0.15, 0.2) is 0 Å². The number of nitrogens with one attached hydrogen (secondary N) is 2. The molecule has 0 unspecified atom stereocenters.